The van der Waals surface area contributed by atoms with Crippen LogP contribution in [-0.4, -0.2) is 65.7 Å². The van der Waals surface area contributed by atoms with Gasteiger partial charge in [-0.05, 0) is 33.4 Å². The van der Waals surface area contributed by atoms with E-state index in [4.69, 9.17) is 14.2 Å². The van der Waals surface area contributed by atoms with Crippen molar-refractivity contribution < 1.29 is 19.0 Å². The summed E-state index contributed by atoms with van der Waals surface area (Å²) in [5, 5.41) is 5.81. The topological polar surface area (TPSA) is 68.8 Å². The van der Waals surface area contributed by atoms with Crippen molar-refractivity contribution in [2.45, 2.75) is 19.8 Å². The fourth-order valence-corrected chi connectivity index (χ4v) is 1.42. The third-order valence-electron chi connectivity index (χ3n) is 2.60. The molecule has 6 nitrogen and oxygen atoms in total. The van der Waals surface area contributed by atoms with Gasteiger partial charge >= 0.3 is 0 Å². The lowest BCUT2D eigenvalue weighted by Crippen LogP contribution is -2.25. The summed E-state index contributed by atoms with van der Waals surface area (Å²) < 4.78 is 16.1. The zero-order valence-corrected chi connectivity index (χ0v) is 13.4. The molecule has 0 aromatic rings. The van der Waals surface area contributed by atoms with E-state index < -0.39 is 0 Å². The molecular formula is C15H30N2O4. The summed E-state index contributed by atoms with van der Waals surface area (Å²) in [7, 11) is 1.93. The van der Waals surface area contributed by atoms with Gasteiger partial charge in [-0.3, -0.25) is 4.79 Å². The Hall–Kier alpha value is -0.950. The van der Waals surface area contributed by atoms with E-state index in [0.29, 0.717) is 45.2 Å². The highest BCUT2D eigenvalue weighted by Gasteiger charge is 1.99. The Morgan fingerprint density at radius 3 is 1.86 bits per heavy atom. The van der Waals surface area contributed by atoms with Crippen LogP contribution in [-0.2, 0) is 19.0 Å². The zero-order chi connectivity index (χ0) is 15.8. The summed E-state index contributed by atoms with van der Waals surface area (Å²) in [6.07, 6.45) is 1.80. The van der Waals surface area contributed by atoms with Crippen LogP contribution < -0.4 is 10.6 Å². The molecular weight excluding hydrogens is 272 g/mol. The van der Waals surface area contributed by atoms with Crippen LogP contribution >= 0.6 is 0 Å². The van der Waals surface area contributed by atoms with Crippen molar-refractivity contribution in [3.8, 4) is 0 Å². The molecule has 0 aromatic carbocycles. The molecule has 0 spiro atoms. The lowest BCUT2D eigenvalue weighted by atomic mass is 10.3. The van der Waals surface area contributed by atoms with Gasteiger partial charge in [-0.2, -0.15) is 0 Å². The number of amides is 1. The molecule has 0 aromatic heterocycles. The molecule has 0 aliphatic heterocycles. The number of carbonyl (C=O) groups is 1. The van der Waals surface area contributed by atoms with Gasteiger partial charge in [0, 0.05) is 25.3 Å². The summed E-state index contributed by atoms with van der Waals surface area (Å²) in [6.45, 7) is 10.6. The number of ether oxygens (including phenoxy) is 3. The second kappa shape index (κ2) is 15.4. The molecule has 0 radical (unpaired) electrons. The zero-order valence-electron chi connectivity index (χ0n) is 13.4. The highest BCUT2D eigenvalue weighted by Crippen LogP contribution is 1.88. The number of hydrogen-bond acceptors (Lipinski definition) is 5. The maximum Gasteiger partial charge on any atom is 0.246 e. The van der Waals surface area contributed by atoms with Gasteiger partial charge in [-0.1, -0.05) is 6.58 Å². The molecule has 0 heterocycles. The van der Waals surface area contributed by atoms with Crippen LogP contribution in [0.5, 0.6) is 0 Å². The second-order valence-electron chi connectivity index (χ2n) is 4.68. The van der Waals surface area contributed by atoms with Crippen molar-refractivity contribution >= 4 is 5.91 Å². The van der Waals surface area contributed by atoms with E-state index in [1.165, 1.54) is 0 Å². The smallest absolute Gasteiger partial charge is 0.246 e. The molecule has 0 aliphatic carbocycles. The molecule has 21 heavy (non-hydrogen) atoms. The van der Waals surface area contributed by atoms with Gasteiger partial charge in [-0.15, -0.1) is 0 Å². The monoisotopic (exact) mass is 302 g/mol. The van der Waals surface area contributed by atoms with Crippen molar-refractivity contribution in [3.63, 3.8) is 0 Å². The third kappa shape index (κ3) is 15.3. The molecule has 0 rings (SSSR count). The Morgan fingerprint density at radius 1 is 0.905 bits per heavy atom. The quantitative estimate of drug-likeness (QED) is 0.345. The molecule has 0 atom stereocenters. The van der Waals surface area contributed by atoms with Crippen LogP contribution in [0.15, 0.2) is 12.2 Å². The van der Waals surface area contributed by atoms with Gasteiger partial charge in [0.1, 0.15) is 0 Å². The van der Waals surface area contributed by atoms with E-state index in [1.54, 1.807) is 6.92 Å². The Kier molecular flexibility index (Phi) is 14.7. The molecule has 0 fully saturated rings. The maximum absolute atomic E-state index is 11.2. The van der Waals surface area contributed by atoms with Gasteiger partial charge in [0.2, 0.25) is 5.91 Å². The van der Waals surface area contributed by atoms with Crippen molar-refractivity contribution in [1.82, 2.24) is 10.6 Å². The molecule has 124 valence electrons. The molecule has 1 amide bonds. The summed E-state index contributed by atoms with van der Waals surface area (Å²) in [5.74, 6) is -0.104. The van der Waals surface area contributed by atoms with Gasteiger partial charge in [0.25, 0.3) is 0 Å². The maximum atomic E-state index is 11.2. The Balaban J connectivity index is 3.06. The first-order valence-corrected chi connectivity index (χ1v) is 7.50. The number of hydrogen-bond donors (Lipinski definition) is 2. The first-order valence-electron chi connectivity index (χ1n) is 7.50. The van der Waals surface area contributed by atoms with E-state index >= 15 is 0 Å². The van der Waals surface area contributed by atoms with Crippen LogP contribution in [0.25, 0.3) is 0 Å². The Morgan fingerprint density at radius 2 is 1.38 bits per heavy atom. The fourth-order valence-electron chi connectivity index (χ4n) is 1.42. The molecule has 0 bridgehead atoms. The standard InChI is InChI=1S/C15H30N2O4/c1-14(2)15(18)17-7-5-9-20-11-13-21-12-10-19-8-4-6-16-3/h16H,1,4-13H2,2-3H3,(H,17,18). The van der Waals surface area contributed by atoms with E-state index in [-0.39, 0.29) is 5.91 Å². The molecule has 6 heteroatoms. The molecule has 0 saturated carbocycles. The second-order valence-corrected chi connectivity index (χ2v) is 4.68. The minimum absolute atomic E-state index is 0.104. The fraction of sp³-hybridized carbons (Fsp3) is 0.800. The predicted molar refractivity (Wildman–Crippen MR) is 83.4 cm³/mol. The van der Waals surface area contributed by atoms with Gasteiger partial charge in [-0.25, -0.2) is 0 Å². The molecule has 0 unspecified atom stereocenters. The Labute approximate surface area is 128 Å². The first kappa shape index (κ1) is 20.1. The predicted octanol–water partition coefficient (Wildman–Crippen LogP) is 0.728. The number of rotatable bonds is 15. The first-order chi connectivity index (χ1) is 10.2. The van der Waals surface area contributed by atoms with Crippen LogP contribution in [0, 0.1) is 0 Å². The van der Waals surface area contributed by atoms with Gasteiger partial charge < -0.3 is 24.8 Å². The van der Waals surface area contributed by atoms with E-state index in [0.717, 1.165) is 26.0 Å². The van der Waals surface area contributed by atoms with Crippen LogP contribution in [0.3, 0.4) is 0 Å². The van der Waals surface area contributed by atoms with Crippen molar-refractivity contribution in [1.29, 1.82) is 0 Å². The van der Waals surface area contributed by atoms with Gasteiger partial charge in [0.05, 0.1) is 26.4 Å². The van der Waals surface area contributed by atoms with Crippen molar-refractivity contribution in [3.05, 3.63) is 12.2 Å². The highest BCUT2D eigenvalue weighted by molar-refractivity contribution is 5.91. The van der Waals surface area contributed by atoms with Gasteiger partial charge in [0.15, 0.2) is 0 Å². The van der Waals surface area contributed by atoms with Crippen molar-refractivity contribution in [2.24, 2.45) is 0 Å². The normalized spacial score (nSPS) is 10.6. The summed E-state index contributed by atoms with van der Waals surface area (Å²) >= 11 is 0. The van der Waals surface area contributed by atoms with E-state index in [1.807, 2.05) is 7.05 Å². The van der Waals surface area contributed by atoms with Crippen LogP contribution in [0.2, 0.25) is 0 Å². The number of nitrogens with one attached hydrogen (secondary N) is 2. The lowest BCUT2D eigenvalue weighted by molar-refractivity contribution is -0.117. The SMILES string of the molecule is C=C(C)C(=O)NCCCOCCOCCOCCCNC. The average molecular weight is 302 g/mol. The molecule has 0 aliphatic rings. The van der Waals surface area contributed by atoms with Crippen LogP contribution in [0.1, 0.15) is 19.8 Å². The summed E-state index contributed by atoms with van der Waals surface area (Å²) in [5.41, 5.74) is 0.525. The summed E-state index contributed by atoms with van der Waals surface area (Å²) in [6, 6.07) is 0. The Bertz CT molecular complexity index is 272. The minimum atomic E-state index is -0.104. The minimum Gasteiger partial charge on any atom is -0.379 e. The largest absolute Gasteiger partial charge is 0.379 e. The lowest BCUT2D eigenvalue weighted by Gasteiger charge is -2.07. The van der Waals surface area contributed by atoms with E-state index in [2.05, 4.69) is 17.2 Å². The van der Waals surface area contributed by atoms with E-state index in [9.17, 15) is 4.79 Å². The molecule has 2 N–H and O–H groups in total. The highest BCUT2D eigenvalue weighted by atomic mass is 16.5. The number of carbonyl (C=O) groups excluding carboxylic acids is 1. The molecule has 0 saturated heterocycles. The average Bonchev–Trinajstić information content (AvgIpc) is 2.47. The summed E-state index contributed by atoms with van der Waals surface area (Å²) in [4.78, 5) is 11.2. The third-order valence-corrected chi connectivity index (χ3v) is 2.60. The van der Waals surface area contributed by atoms with Crippen molar-refractivity contribution in [2.75, 3.05) is 59.8 Å². The van der Waals surface area contributed by atoms with Crippen LogP contribution in [0.4, 0.5) is 0 Å².